The smallest absolute Gasteiger partial charge is 0.173 e. The van der Waals surface area contributed by atoms with Crippen LogP contribution in [0, 0.1) is 0 Å². The first-order chi connectivity index (χ1) is 5.20. The number of aliphatic hydroxyl groups excluding tert-OH is 1. The summed E-state index contributed by atoms with van der Waals surface area (Å²) in [6, 6.07) is 0. The molecule has 0 spiro atoms. The highest BCUT2D eigenvalue weighted by Crippen LogP contribution is 2.35. The highest BCUT2D eigenvalue weighted by atomic mass is 79.9. The zero-order valence-electron chi connectivity index (χ0n) is 5.61. The molecule has 0 aromatic rings. The van der Waals surface area contributed by atoms with Crippen LogP contribution < -0.4 is 0 Å². The minimum atomic E-state index is -0.429. The number of rotatable bonds is 0. The van der Waals surface area contributed by atoms with Crippen LogP contribution in [0.15, 0.2) is 0 Å². The highest BCUT2D eigenvalue weighted by Gasteiger charge is 2.47. The van der Waals surface area contributed by atoms with Crippen molar-refractivity contribution in [3.63, 3.8) is 0 Å². The molecule has 3 nitrogen and oxygen atoms in total. The molecule has 0 aromatic heterocycles. The fraction of sp³-hybridized carbons (Fsp3) is 1.00. The van der Waals surface area contributed by atoms with Gasteiger partial charge in [-0.25, -0.2) is 0 Å². The molecule has 2 heterocycles. The Kier molecular flexibility index (Phi) is 2.27. The predicted molar refractivity (Wildman–Crippen MR) is 46.0 cm³/mol. The Balaban J connectivity index is 2.16. The topological polar surface area (TPSA) is 38.7 Å². The predicted octanol–water partition coefficient (Wildman–Crippen LogP) is 0.629. The lowest BCUT2D eigenvalue weighted by Gasteiger charge is -2.32. The molecule has 0 amide bonds. The third kappa shape index (κ3) is 1.27. The van der Waals surface area contributed by atoms with Crippen molar-refractivity contribution in [1.29, 1.82) is 0 Å². The van der Waals surface area contributed by atoms with Gasteiger partial charge in [-0.05, 0) is 0 Å². The second kappa shape index (κ2) is 2.96. The number of halogens is 2. The fourth-order valence-corrected chi connectivity index (χ4v) is 2.95. The van der Waals surface area contributed by atoms with Crippen molar-refractivity contribution >= 4 is 31.9 Å². The Hall–Kier alpha value is 0.840. The van der Waals surface area contributed by atoms with Crippen molar-refractivity contribution in [1.82, 2.24) is 0 Å². The van der Waals surface area contributed by atoms with E-state index in [2.05, 4.69) is 31.9 Å². The van der Waals surface area contributed by atoms with Crippen LogP contribution in [0.5, 0.6) is 0 Å². The van der Waals surface area contributed by atoms with Gasteiger partial charge >= 0.3 is 0 Å². The number of fused-ring (bicyclic) bond motifs is 2. The van der Waals surface area contributed by atoms with E-state index in [4.69, 9.17) is 9.47 Å². The molecule has 2 aliphatic heterocycles. The second-order valence-electron chi connectivity index (χ2n) is 2.76. The first kappa shape index (κ1) is 8.44. The molecule has 2 aliphatic rings. The molecule has 2 fully saturated rings. The Morgan fingerprint density at radius 1 is 1.27 bits per heavy atom. The molecule has 11 heavy (non-hydrogen) atoms. The van der Waals surface area contributed by atoms with Crippen molar-refractivity contribution in [2.24, 2.45) is 0 Å². The van der Waals surface area contributed by atoms with Gasteiger partial charge in [0.25, 0.3) is 0 Å². The van der Waals surface area contributed by atoms with Crippen molar-refractivity contribution in [2.75, 3.05) is 6.61 Å². The second-order valence-corrected chi connectivity index (χ2v) is 4.87. The third-order valence-electron chi connectivity index (χ3n) is 2.00. The maximum Gasteiger partial charge on any atom is 0.173 e. The number of alkyl halides is 2. The van der Waals surface area contributed by atoms with E-state index in [0.717, 1.165) is 0 Å². The zero-order valence-corrected chi connectivity index (χ0v) is 8.79. The molecule has 2 bridgehead atoms. The average Bonchev–Trinajstić information content (AvgIpc) is 2.44. The number of aliphatic hydroxyl groups is 1. The normalized spacial score (nSPS) is 56.5. The van der Waals surface area contributed by atoms with Gasteiger partial charge in [0.15, 0.2) is 6.29 Å². The van der Waals surface area contributed by atoms with Gasteiger partial charge in [-0.15, -0.1) is 0 Å². The summed E-state index contributed by atoms with van der Waals surface area (Å²) in [5, 5.41) is 9.57. The molecule has 2 saturated heterocycles. The van der Waals surface area contributed by atoms with E-state index in [1.807, 2.05) is 0 Å². The summed E-state index contributed by atoms with van der Waals surface area (Å²) < 4.78 is 10.7. The molecular formula is C6H8Br2O3. The summed E-state index contributed by atoms with van der Waals surface area (Å²) in [6.45, 7) is 0.569. The summed E-state index contributed by atoms with van der Waals surface area (Å²) in [7, 11) is 0. The number of hydrogen-bond acceptors (Lipinski definition) is 3. The molecule has 0 unspecified atom stereocenters. The fourth-order valence-electron chi connectivity index (χ4n) is 1.33. The molecular weight excluding hydrogens is 280 g/mol. The maximum atomic E-state index is 9.57. The molecule has 1 N–H and O–H groups in total. The van der Waals surface area contributed by atoms with Crippen LogP contribution >= 0.6 is 31.9 Å². The molecule has 2 rings (SSSR count). The summed E-state index contributed by atoms with van der Waals surface area (Å²) in [6.07, 6.45) is -0.700. The minimum absolute atomic E-state index is 0.00352. The summed E-state index contributed by atoms with van der Waals surface area (Å²) >= 11 is 6.68. The first-order valence-corrected chi connectivity index (χ1v) is 5.26. The number of hydrogen-bond donors (Lipinski definition) is 1. The van der Waals surface area contributed by atoms with E-state index >= 15 is 0 Å². The summed E-state index contributed by atoms with van der Waals surface area (Å²) in [4.78, 5) is -0.142. The van der Waals surface area contributed by atoms with Crippen molar-refractivity contribution in [2.45, 2.75) is 28.2 Å². The van der Waals surface area contributed by atoms with Crippen LogP contribution in [0.4, 0.5) is 0 Å². The molecule has 64 valence electrons. The zero-order chi connectivity index (χ0) is 8.01. The Morgan fingerprint density at radius 2 is 2.00 bits per heavy atom. The minimum Gasteiger partial charge on any atom is -0.390 e. The highest BCUT2D eigenvalue weighted by molar-refractivity contribution is 9.10. The lowest BCUT2D eigenvalue weighted by atomic mass is 10.1. The maximum absolute atomic E-state index is 9.57. The lowest BCUT2D eigenvalue weighted by molar-refractivity contribution is -0.104. The van der Waals surface area contributed by atoms with E-state index in [1.54, 1.807) is 0 Å². The summed E-state index contributed by atoms with van der Waals surface area (Å²) in [5.74, 6) is 0. The molecule has 5 atom stereocenters. The average molecular weight is 288 g/mol. The standard InChI is InChI=1S/C6H8Br2O3/c7-3-2-1-10-6(11-2)4(8)5(3)9/h2-6,9H,1H2/t2-,3-,4-,5+,6-/m1/s1. The van der Waals surface area contributed by atoms with Crippen molar-refractivity contribution in [3.05, 3.63) is 0 Å². The lowest BCUT2D eigenvalue weighted by Crippen LogP contribution is -2.48. The van der Waals surface area contributed by atoms with Crippen LogP contribution in [-0.2, 0) is 9.47 Å². The molecule has 5 heteroatoms. The van der Waals surface area contributed by atoms with Gasteiger partial charge in [-0.3, -0.25) is 0 Å². The largest absolute Gasteiger partial charge is 0.390 e. The van der Waals surface area contributed by atoms with E-state index in [-0.39, 0.29) is 22.0 Å². The molecule has 0 aliphatic carbocycles. The third-order valence-corrected chi connectivity index (χ3v) is 4.11. The van der Waals surface area contributed by atoms with Crippen LogP contribution in [0.1, 0.15) is 0 Å². The first-order valence-electron chi connectivity index (χ1n) is 3.43. The van der Waals surface area contributed by atoms with Crippen LogP contribution in [0.2, 0.25) is 0 Å². The van der Waals surface area contributed by atoms with Gasteiger partial charge in [0, 0.05) is 0 Å². The Labute approximate surface area is 81.3 Å². The molecule has 0 radical (unpaired) electrons. The Bertz CT molecular complexity index is 146. The van der Waals surface area contributed by atoms with Crippen LogP contribution in [0.25, 0.3) is 0 Å². The van der Waals surface area contributed by atoms with Crippen LogP contribution in [0.3, 0.4) is 0 Å². The monoisotopic (exact) mass is 286 g/mol. The molecule has 0 saturated carbocycles. The Morgan fingerprint density at radius 3 is 2.73 bits per heavy atom. The van der Waals surface area contributed by atoms with Crippen molar-refractivity contribution in [3.8, 4) is 0 Å². The van der Waals surface area contributed by atoms with E-state index in [0.29, 0.717) is 6.61 Å². The van der Waals surface area contributed by atoms with Gasteiger partial charge in [0.1, 0.15) is 0 Å². The van der Waals surface area contributed by atoms with Crippen LogP contribution in [-0.4, -0.2) is 39.9 Å². The van der Waals surface area contributed by atoms with E-state index in [9.17, 15) is 5.11 Å². The van der Waals surface area contributed by atoms with Gasteiger partial charge < -0.3 is 14.6 Å². The number of ether oxygens (including phenoxy) is 2. The quantitative estimate of drug-likeness (QED) is 0.664. The van der Waals surface area contributed by atoms with Gasteiger partial charge in [0.05, 0.1) is 28.5 Å². The van der Waals surface area contributed by atoms with Gasteiger partial charge in [-0.1, -0.05) is 31.9 Å². The van der Waals surface area contributed by atoms with E-state index in [1.165, 1.54) is 0 Å². The van der Waals surface area contributed by atoms with Gasteiger partial charge in [0.2, 0.25) is 0 Å². The SMILES string of the molecule is O[C@@H]1[C@@H](Br)[C@@H]2OC[C@@H](O2)[C@H]1Br. The van der Waals surface area contributed by atoms with Gasteiger partial charge in [-0.2, -0.15) is 0 Å². The summed E-state index contributed by atoms with van der Waals surface area (Å²) in [5.41, 5.74) is 0. The molecule has 0 aromatic carbocycles. The van der Waals surface area contributed by atoms with E-state index < -0.39 is 6.10 Å². The van der Waals surface area contributed by atoms with Crippen molar-refractivity contribution < 1.29 is 14.6 Å².